The molecule has 0 radical (unpaired) electrons. The van der Waals surface area contributed by atoms with E-state index < -0.39 is 23.8 Å². The van der Waals surface area contributed by atoms with Crippen molar-refractivity contribution in [1.82, 2.24) is 0 Å². The third-order valence-corrected chi connectivity index (χ3v) is 3.33. The number of methoxy groups -OCH3 is 1. The minimum atomic E-state index is -4.93. The normalized spacial score (nSPS) is 12.5. The number of ether oxygens (including phenoxy) is 3. The van der Waals surface area contributed by atoms with Crippen LogP contribution in [0.4, 0.5) is 18.9 Å². The van der Waals surface area contributed by atoms with Crippen LogP contribution in [-0.4, -0.2) is 31.8 Å². The van der Waals surface area contributed by atoms with Gasteiger partial charge in [0.2, 0.25) is 5.76 Å². The molecule has 0 aliphatic carbocycles. The van der Waals surface area contributed by atoms with E-state index in [-0.39, 0.29) is 12.3 Å². The maximum atomic E-state index is 13.4. The number of rotatable bonds is 6. The second-order valence-electron chi connectivity index (χ2n) is 5.35. The van der Waals surface area contributed by atoms with Crippen LogP contribution in [-0.2, 0) is 14.3 Å². The highest BCUT2D eigenvalue weighted by Gasteiger charge is 2.40. The molecule has 0 amide bonds. The van der Waals surface area contributed by atoms with E-state index in [0.29, 0.717) is 11.3 Å². The Bertz CT molecular complexity index is 844. The van der Waals surface area contributed by atoms with E-state index in [0.717, 1.165) is 6.08 Å². The van der Waals surface area contributed by atoms with Crippen LogP contribution in [0.2, 0.25) is 0 Å². The summed E-state index contributed by atoms with van der Waals surface area (Å²) < 4.78 is 55.0. The summed E-state index contributed by atoms with van der Waals surface area (Å²) in [5, 5.41) is 0. The zero-order chi connectivity index (χ0) is 20.6. The Balaban J connectivity index is 2.41. The van der Waals surface area contributed by atoms with E-state index in [4.69, 9.17) is 14.2 Å². The lowest BCUT2D eigenvalue weighted by atomic mass is 10.2. The fourth-order valence-corrected chi connectivity index (χ4v) is 2.06. The van der Waals surface area contributed by atoms with Gasteiger partial charge in [0.1, 0.15) is 5.75 Å². The summed E-state index contributed by atoms with van der Waals surface area (Å²) in [6, 6.07) is 13.9. The van der Waals surface area contributed by atoms with Crippen molar-refractivity contribution >= 4 is 23.6 Å². The lowest BCUT2D eigenvalue weighted by Crippen LogP contribution is -2.27. The number of hydrogen-bond donors (Lipinski definition) is 0. The highest BCUT2D eigenvalue weighted by Crippen LogP contribution is 2.26. The fourth-order valence-electron chi connectivity index (χ4n) is 2.06. The maximum absolute atomic E-state index is 13.4. The van der Waals surface area contributed by atoms with Gasteiger partial charge in [0.15, 0.2) is 0 Å². The minimum absolute atomic E-state index is 0.0176. The number of alkyl halides is 3. The summed E-state index contributed by atoms with van der Waals surface area (Å²) in [5.74, 6) is -2.78. The molecule has 0 spiro atoms. The molecule has 0 aromatic heterocycles. The maximum Gasteiger partial charge on any atom is 0.468 e. The Morgan fingerprint density at radius 2 is 1.71 bits per heavy atom. The first-order chi connectivity index (χ1) is 13.3. The van der Waals surface area contributed by atoms with Gasteiger partial charge in [-0.15, -0.1) is 0 Å². The molecular formula is C20H18F3NO4. The van der Waals surface area contributed by atoms with E-state index in [9.17, 15) is 18.0 Å². The second-order valence-corrected chi connectivity index (χ2v) is 5.35. The van der Waals surface area contributed by atoms with E-state index in [1.54, 1.807) is 30.3 Å². The second kappa shape index (κ2) is 9.59. The third-order valence-electron chi connectivity index (χ3n) is 3.33. The monoisotopic (exact) mass is 393 g/mol. The van der Waals surface area contributed by atoms with Crippen LogP contribution >= 0.6 is 0 Å². The SMILES string of the molecule is CCOC(=O)/C(=C\c1ccccc1)OC(=Nc1ccc(OC)cc1)C(F)(F)F. The summed E-state index contributed by atoms with van der Waals surface area (Å²) in [5.41, 5.74) is 0.451. The number of carbonyl (C=O) groups is 1. The Kier molecular flexibility index (Phi) is 7.20. The molecule has 0 saturated carbocycles. The molecule has 28 heavy (non-hydrogen) atoms. The van der Waals surface area contributed by atoms with Gasteiger partial charge < -0.3 is 14.2 Å². The van der Waals surface area contributed by atoms with Crippen LogP contribution < -0.4 is 4.74 Å². The predicted molar refractivity (Wildman–Crippen MR) is 98.3 cm³/mol. The van der Waals surface area contributed by atoms with Crippen molar-refractivity contribution in [2.24, 2.45) is 4.99 Å². The first-order valence-electron chi connectivity index (χ1n) is 8.25. The number of hydrogen-bond acceptors (Lipinski definition) is 5. The van der Waals surface area contributed by atoms with Crippen LogP contribution in [0.25, 0.3) is 6.08 Å². The zero-order valence-corrected chi connectivity index (χ0v) is 15.2. The number of nitrogens with zero attached hydrogens (tertiary/aromatic N) is 1. The van der Waals surface area contributed by atoms with Gasteiger partial charge in [-0.1, -0.05) is 30.3 Å². The molecule has 0 N–H and O–H groups in total. The first kappa shape index (κ1) is 21.0. The van der Waals surface area contributed by atoms with Gasteiger partial charge in [0.25, 0.3) is 0 Å². The summed E-state index contributed by atoms with van der Waals surface area (Å²) >= 11 is 0. The Labute approximate surface area is 160 Å². The number of halogens is 3. The Morgan fingerprint density at radius 1 is 1.07 bits per heavy atom. The fraction of sp³-hybridized carbons (Fsp3) is 0.200. The zero-order valence-electron chi connectivity index (χ0n) is 15.2. The van der Waals surface area contributed by atoms with Crippen molar-refractivity contribution in [3.8, 4) is 5.75 Å². The molecule has 0 aliphatic heterocycles. The molecule has 0 bridgehead atoms. The van der Waals surface area contributed by atoms with Crippen molar-refractivity contribution < 1.29 is 32.2 Å². The quantitative estimate of drug-likeness (QED) is 0.230. The van der Waals surface area contributed by atoms with Crippen molar-refractivity contribution in [2.45, 2.75) is 13.1 Å². The van der Waals surface area contributed by atoms with Crippen LogP contribution in [0, 0.1) is 0 Å². The topological polar surface area (TPSA) is 57.1 Å². The van der Waals surface area contributed by atoms with Crippen LogP contribution in [0.1, 0.15) is 12.5 Å². The standard InChI is InChI=1S/C20H18F3NO4/c1-3-27-18(25)17(13-14-7-5-4-6-8-14)28-19(20(21,22)23)24-15-9-11-16(26-2)12-10-15/h4-13H,3H2,1-2H3/b17-13+,24-19?. The van der Waals surface area contributed by atoms with Gasteiger partial charge in [0.05, 0.1) is 19.4 Å². The molecular weight excluding hydrogens is 375 g/mol. The largest absolute Gasteiger partial charge is 0.497 e. The van der Waals surface area contributed by atoms with E-state index in [1.165, 1.54) is 38.3 Å². The van der Waals surface area contributed by atoms with Crippen molar-refractivity contribution in [3.63, 3.8) is 0 Å². The van der Waals surface area contributed by atoms with Crippen LogP contribution in [0.3, 0.4) is 0 Å². The number of carbonyl (C=O) groups excluding carboxylic acids is 1. The molecule has 8 heteroatoms. The average Bonchev–Trinajstić information content (AvgIpc) is 2.67. The van der Waals surface area contributed by atoms with Gasteiger partial charge >= 0.3 is 18.0 Å². The molecule has 2 aromatic rings. The van der Waals surface area contributed by atoms with E-state index in [1.807, 2.05) is 0 Å². The summed E-state index contributed by atoms with van der Waals surface area (Å²) in [6.07, 6.45) is -3.77. The molecule has 0 atom stereocenters. The van der Waals surface area contributed by atoms with Gasteiger partial charge in [-0.2, -0.15) is 13.2 Å². The summed E-state index contributed by atoms with van der Waals surface area (Å²) in [7, 11) is 1.43. The Morgan fingerprint density at radius 3 is 2.25 bits per heavy atom. The molecule has 2 rings (SSSR count). The number of esters is 1. The first-order valence-corrected chi connectivity index (χ1v) is 8.25. The predicted octanol–water partition coefficient (Wildman–Crippen LogP) is 4.91. The smallest absolute Gasteiger partial charge is 0.468 e. The molecule has 148 valence electrons. The Hall–Kier alpha value is -3.29. The summed E-state index contributed by atoms with van der Waals surface area (Å²) in [4.78, 5) is 15.6. The highest BCUT2D eigenvalue weighted by atomic mass is 19.4. The molecule has 0 heterocycles. The minimum Gasteiger partial charge on any atom is -0.497 e. The highest BCUT2D eigenvalue weighted by molar-refractivity contribution is 5.96. The molecule has 2 aromatic carbocycles. The van der Waals surface area contributed by atoms with Crippen LogP contribution in [0.5, 0.6) is 5.75 Å². The van der Waals surface area contributed by atoms with Gasteiger partial charge in [-0.3, -0.25) is 0 Å². The van der Waals surface area contributed by atoms with Crippen molar-refractivity contribution in [3.05, 3.63) is 65.9 Å². The van der Waals surface area contributed by atoms with Crippen molar-refractivity contribution in [2.75, 3.05) is 13.7 Å². The van der Waals surface area contributed by atoms with Crippen molar-refractivity contribution in [1.29, 1.82) is 0 Å². The van der Waals surface area contributed by atoms with E-state index in [2.05, 4.69) is 4.99 Å². The van der Waals surface area contributed by atoms with Gasteiger partial charge in [0, 0.05) is 0 Å². The molecule has 0 unspecified atom stereocenters. The average molecular weight is 393 g/mol. The van der Waals surface area contributed by atoms with Gasteiger partial charge in [-0.25, -0.2) is 9.79 Å². The molecule has 0 aliphatic rings. The number of benzene rings is 2. The van der Waals surface area contributed by atoms with Gasteiger partial charge in [-0.05, 0) is 42.8 Å². The molecule has 0 fully saturated rings. The molecule has 5 nitrogen and oxygen atoms in total. The van der Waals surface area contributed by atoms with Crippen LogP contribution in [0.15, 0.2) is 65.3 Å². The molecule has 0 saturated heterocycles. The van der Waals surface area contributed by atoms with E-state index >= 15 is 0 Å². The lowest BCUT2D eigenvalue weighted by molar-refractivity contribution is -0.141. The summed E-state index contributed by atoms with van der Waals surface area (Å²) in [6.45, 7) is 1.51. The number of aliphatic imine (C=N–C) groups is 1. The lowest BCUT2D eigenvalue weighted by Gasteiger charge is -2.14. The third kappa shape index (κ3) is 6.15.